The fourth-order valence-electron chi connectivity index (χ4n) is 2.07. The number of imidazole rings is 1. The second-order valence-electron chi connectivity index (χ2n) is 4.41. The molecule has 0 saturated carbocycles. The smallest absolute Gasteiger partial charge is 0.356 e. The highest BCUT2D eigenvalue weighted by atomic mass is 19.1. The summed E-state index contributed by atoms with van der Waals surface area (Å²) in [6.45, 7) is 1.75. The highest BCUT2D eigenvalue weighted by Crippen LogP contribution is 2.15. The molecule has 5 heteroatoms. The molecule has 0 aliphatic carbocycles. The third-order valence-corrected chi connectivity index (χ3v) is 3.23. The van der Waals surface area contributed by atoms with Crippen molar-refractivity contribution in [3.05, 3.63) is 52.9 Å². The van der Waals surface area contributed by atoms with Gasteiger partial charge >= 0.3 is 5.97 Å². The van der Waals surface area contributed by atoms with Crippen LogP contribution in [0.3, 0.4) is 0 Å². The Morgan fingerprint density at radius 2 is 2.05 bits per heavy atom. The standard InChI is InChI=1S/C14H15FN2O2/c1-9-16-13(14(18)19)12(17(9)2)8-7-10-5-3-4-6-11(10)15/h3-6H,7-8H2,1-2H3,(H,18,19). The average molecular weight is 262 g/mol. The van der Waals surface area contributed by atoms with Gasteiger partial charge in [-0.25, -0.2) is 14.2 Å². The van der Waals surface area contributed by atoms with Crippen molar-refractivity contribution in [1.82, 2.24) is 9.55 Å². The summed E-state index contributed by atoms with van der Waals surface area (Å²) in [5, 5.41) is 9.11. The first-order valence-electron chi connectivity index (χ1n) is 5.99. The fraction of sp³-hybridized carbons (Fsp3) is 0.286. The van der Waals surface area contributed by atoms with E-state index >= 15 is 0 Å². The van der Waals surface area contributed by atoms with Crippen molar-refractivity contribution in [1.29, 1.82) is 0 Å². The topological polar surface area (TPSA) is 55.1 Å². The number of aromatic carboxylic acids is 1. The number of halogens is 1. The Balaban J connectivity index is 2.25. The third kappa shape index (κ3) is 2.65. The second-order valence-corrected chi connectivity index (χ2v) is 4.41. The zero-order valence-electron chi connectivity index (χ0n) is 10.9. The lowest BCUT2D eigenvalue weighted by atomic mass is 10.1. The third-order valence-electron chi connectivity index (χ3n) is 3.23. The normalized spacial score (nSPS) is 10.7. The number of carbonyl (C=O) groups is 1. The molecule has 1 aromatic carbocycles. The maximum Gasteiger partial charge on any atom is 0.356 e. The largest absolute Gasteiger partial charge is 0.476 e. The van der Waals surface area contributed by atoms with E-state index in [1.54, 1.807) is 36.7 Å². The minimum atomic E-state index is -1.05. The molecule has 0 radical (unpaired) electrons. The molecule has 0 amide bonds. The number of benzene rings is 1. The minimum absolute atomic E-state index is 0.0522. The summed E-state index contributed by atoms with van der Waals surface area (Å²) >= 11 is 0. The molecule has 0 unspecified atom stereocenters. The van der Waals surface area contributed by atoms with E-state index in [-0.39, 0.29) is 11.5 Å². The van der Waals surface area contributed by atoms with Crippen molar-refractivity contribution in [2.75, 3.05) is 0 Å². The van der Waals surface area contributed by atoms with E-state index in [0.717, 1.165) is 0 Å². The number of nitrogens with zero attached hydrogens (tertiary/aromatic N) is 2. The molecule has 1 N–H and O–H groups in total. The first kappa shape index (κ1) is 13.3. The molecule has 0 atom stereocenters. The monoisotopic (exact) mass is 262 g/mol. The van der Waals surface area contributed by atoms with E-state index in [4.69, 9.17) is 5.11 Å². The lowest BCUT2D eigenvalue weighted by Gasteiger charge is -2.06. The Morgan fingerprint density at radius 3 is 2.68 bits per heavy atom. The van der Waals surface area contributed by atoms with E-state index in [2.05, 4.69) is 4.98 Å². The lowest BCUT2D eigenvalue weighted by molar-refractivity contribution is 0.0689. The predicted molar refractivity (Wildman–Crippen MR) is 68.7 cm³/mol. The molecule has 2 rings (SSSR count). The van der Waals surface area contributed by atoms with Crippen molar-refractivity contribution < 1.29 is 14.3 Å². The van der Waals surface area contributed by atoms with Gasteiger partial charge < -0.3 is 9.67 Å². The number of aryl methyl sites for hydroxylation is 2. The van der Waals surface area contributed by atoms with Crippen LogP contribution < -0.4 is 0 Å². The number of carboxylic acids is 1. The maximum atomic E-state index is 13.5. The summed E-state index contributed by atoms with van der Waals surface area (Å²) < 4.78 is 15.3. The molecule has 19 heavy (non-hydrogen) atoms. The van der Waals surface area contributed by atoms with Crippen molar-refractivity contribution in [2.45, 2.75) is 19.8 Å². The first-order valence-corrected chi connectivity index (χ1v) is 5.99. The molecule has 0 aliphatic rings. The number of carboxylic acid groups (broad SMARTS) is 1. The predicted octanol–water partition coefficient (Wildman–Crippen LogP) is 2.35. The molecular formula is C14H15FN2O2. The van der Waals surface area contributed by atoms with Gasteiger partial charge in [0.2, 0.25) is 0 Å². The van der Waals surface area contributed by atoms with Crippen LogP contribution in [0.2, 0.25) is 0 Å². The average Bonchev–Trinajstić information content (AvgIpc) is 2.65. The van der Waals surface area contributed by atoms with Crippen LogP contribution in [0, 0.1) is 12.7 Å². The molecule has 4 nitrogen and oxygen atoms in total. The van der Waals surface area contributed by atoms with Gasteiger partial charge in [0.1, 0.15) is 11.6 Å². The van der Waals surface area contributed by atoms with Crippen LogP contribution in [0.1, 0.15) is 27.6 Å². The van der Waals surface area contributed by atoms with E-state index in [1.165, 1.54) is 6.07 Å². The van der Waals surface area contributed by atoms with Crippen molar-refractivity contribution in [3.8, 4) is 0 Å². The molecule has 1 heterocycles. The van der Waals surface area contributed by atoms with E-state index in [9.17, 15) is 9.18 Å². The number of aromatic nitrogens is 2. The van der Waals surface area contributed by atoms with E-state index < -0.39 is 5.97 Å². The Hall–Kier alpha value is -2.17. The molecule has 0 fully saturated rings. The second kappa shape index (κ2) is 5.22. The van der Waals surface area contributed by atoms with Crippen LogP contribution >= 0.6 is 0 Å². The summed E-state index contributed by atoms with van der Waals surface area (Å²) in [6.07, 6.45) is 0.895. The van der Waals surface area contributed by atoms with Crippen molar-refractivity contribution in [3.63, 3.8) is 0 Å². The van der Waals surface area contributed by atoms with Gasteiger partial charge in [-0.15, -0.1) is 0 Å². The van der Waals surface area contributed by atoms with Gasteiger partial charge in [0.25, 0.3) is 0 Å². The quantitative estimate of drug-likeness (QED) is 0.920. The summed E-state index contributed by atoms with van der Waals surface area (Å²) in [4.78, 5) is 15.1. The van der Waals surface area contributed by atoms with E-state index in [1.807, 2.05) is 0 Å². The molecule has 0 spiro atoms. The van der Waals surface area contributed by atoms with Gasteiger partial charge in [-0.05, 0) is 31.4 Å². The zero-order valence-corrected chi connectivity index (χ0v) is 10.9. The molecular weight excluding hydrogens is 247 g/mol. The number of hydrogen-bond acceptors (Lipinski definition) is 2. The van der Waals surface area contributed by atoms with Gasteiger partial charge in [0.05, 0.1) is 5.69 Å². The van der Waals surface area contributed by atoms with Crippen LogP contribution in [-0.4, -0.2) is 20.6 Å². The molecule has 100 valence electrons. The van der Waals surface area contributed by atoms with Gasteiger partial charge in [-0.2, -0.15) is 0 Å². The summed E-state index contributed by atoms with van der Waals surface area (Å²) in [7, 11) is 1.77. The minimum Gasteiger partial charge on any atom is -0.476 e. The Kier molecular flexibility index (Phi) is 3.64. The molecule has 2 aromatic rings. The summed E-state index contributed by atoms with van der Waals surface area (Å²) in [5.41, 5.74) is 1.25. The SMILES string of the molecule is Cc1nc(C(=O)O)c(CCc2ccccc2F)n1C. The Morgan fingerprint density at radius 1 is 1.37 bits per heavy atom. The van der Waals surface area contributed by atoms with Gasteiger partial charge in [0.15, 0.2) is 5.69 Å². The van der Waals surface area contributed by atoms with E-state index in [0.29, 0.717) is 29.9 Å². The zero-order chi connectivity index (χ0) is 14.0. The van der Waals surface area contributed by atoms with Gasteiger partial charge in [-0.3, -0.25) is 0 Å². The Bertz CT molecular complexity index is 620. The van der Waals surface area contributed by atoms with Gasteiger partial charge in [-0.1, -0.05) is 18.2 Å². The van der Waals surface area contributed by atoms with Crippen LogP contribution in [0.25, 0.3) is 0 Å². The van der Waals surface area contributed by atoms with Crippen LogP contribution in [0.5, 0.6) is 0 Å². The van der Waals surface area contributed by atoms with Crippen LogP contribution in [0.15, 0.2) is 24.3 Å². The number of hydrogen-bond donors (Lipinski definition) is 1. The molecule has 0 bridgehead atoms. The van der Waals surface area contributed by atoms with Crippen LogP contribution in [-0.2, 0) is 19.9 Å². The first-order chi connectivity index (χ1) is 9.00. The van der Waals surface area contributed by atoms with Crippen molar-refractivity contribution >= 4 is 5.97 Å². The Labute approximate surface area is 110 Å². The molecule has 1 aromatic heterocycles. The molecule has 0 saturated heterocycles. The fourth-order valence-corrected chi connectivity index (χ4v) is 2.07. The summed E-state index contributed by atoms with van der Waals surface area (Å²) in [6, 6.07) is 6.52. The highest BCUT2D eigenvalue weighted by Gasteiger charge is 2.18. The molecule has 0 aliphatic heterocycles. The summed E-state index contributed by atoms with van der Waals surface area (Å²) in [5.74, 6) is -0.675. The highest BCUT2D eigenvalue weighted by molar-refractivity contribution is 5.86. The number of rotatable bonds is 4. The van der Waals surface area contributed by atoms with Crippen molar-refractivity contribution in [2.24, 2.45) is 7.05 Å². The van der Waals surface area contributed by atoms with Gasteiger partial charge in [0, 0.05) is 7.05 Å². The lowest BCUT2D eigenvalue weighted by Crippen LogP contribution is -2.07. The maximum absolute atomic E-state index is 13.5. The van der Waals surface area contributed by atoms with Crippen LogP contribution in [0.4, 0.5) is 4.39 Å².